The van der Waals surface area contributed by atoms with E-state index in [0.29, 0.717) is 5.15 Å². The molecule has 0 aliphatic carbocycles. The van der Waals surface area contributed by atoms with E-state index in [2.05, 4.69) is 25.6 Å². The maximum Gasteiger partial charge on any atom is 0.135 e. The first-order valence-corrected chi connectivity index (χ1v) is 6.65. The van der Waals surface area contributed by atoms with E-state index >= 15 is 0 Å². The molecule has 19 heavy (non-hydrogen) atoms. The Kier molecular flexibility index (Phi) is 4.68. The quantitative estimate of drug-likeness (QED) is 0.650. The second-order valence-corrected chi connectivity index (χ2v) is 4.92. The van der Waals surface area contributed by atoms with Crippen LogP contribution in [0, 0.1) is 0 Å². The molecule has 2 rings (SSSR count). The van der Waals surface area contributed by atoms with E-state index in [1.165, 1.54) is 0 Å². The van der Waals surface area contributed by atoms with Crippen LogP contribution in [-0.2, 0) is 6.54 Å². The smallest absolute Gasteiger partial charge is 0.135 e. The van der Waals surface area contributed by atoms with Gasteiger partial charge in [-0.3, -0.25) is 4.68 Å². The average molecular weight is 281 g/mol. The minimum absolute atomic E-state index is 0.259. The molecule has 6 nitrogen and oxygen atoms in total. The summed E-state index contributed by atoms with van der Waals surface area (Å²) in [5, 5.41) is 11.4. The van der Waals surface area contributed by atoms with Crippen molar-refractivity contribution in [1.82, 2.24) is 25.0 Å². The van der Waals surface area contributed by atoms with E-state index < -0.39 is 0 Å². The maximum atomic E-state index is 5.97. The monoisotopic (exact) mass is 280 g/mol. The molecular formula is C12H17ClN6. The Morgan fingerprint density at radius 2 is 2.21 bits per heavy atom. The van der Waals surface area contributed by atoms with E-state index in [-0.39, 0.29) is 5.92 Å². The Labute approximate surface area is 117 Å². The molecule has 0 spiro atoms. The first-order chi connectivity index (χ1) is 9.15. The Hall–Kier alpha value is -1.69. The standard InChI is InChI=1S/C12H17ClN6/c1-9(2)12-16-10(13)8-11(17-12)14-4-3-6-19-7-5-15-18-19/h5,7-9H,3-4,6H2,1-2H3,(H,14,16,17). The number of hydrogen-bond acceptors (Lipinski definition) is 5. The van der Waals surface area contributed by atoms with Crippen molar-refractivity contribution in [2.45, 2.75) is 32.7 Å². The van der Waals surface area contributed by atoms with Crippen LogP contribution in [0.4, 0.5) is 5.82 Å². The molecule has 102 valence electrons. The molecule has 0 aliphatic heterocycles. The lowest BCUT2D eigenvalue weighted by molar-refractivity contribution is 0.569. The van der Waals surface area contributed by atoms with Crippen LogP contribution >= 0.6 is 11.6 Å². The molecule has 1 N–H and O–H groups in total. The van der Waals surface area contributed by atoms with Crippen molar-refractivity contribution in [2.24, 2.45) is 0 Å². The molecule has 2 aromatic heterocycles. The van der Waals surface area contributed by atoms with Gasteiger partial charge in [-0.1, -0.05) is 30.7 Å². The molecule has 0 aromatic carbocycles. The molecule has 2 heterocycles. The fraction of sp³-hybridized carbons (Fsp3) is 0.500. The van der Waals surface area contributed by atoms with E-state index in [4.69, 9.17) is 11.6 Å². The van der Waals surface area contributed by atoms with Crippen molar-refractivity contribution >= 4 is 17.4 Å². The molecule has 0 fully saturated rings. The van der Waals surface area contributed by atoms with Gasteiger partial charge in [-0.05, 0) is 6.42 Å². The van der Waals surface area contributed by atoms with Crippen molar-refractivity contribution in [2.75, 3.05) is 11.9 Å². The highest BCUT2D eigenvalue weighted by Gasteiger charge is 2.06. The van der Waals surface area contributed by atoms with Crippen molar-refractivity contribution in [3.8, 4) is 0 Å². The normalized spacial score (nSPS) is 10.9. The summed E-state index contributed by atoms with van der Waals surface area (Å²) in [6.07, 6.45) is 4.45. The number of nitrogens with zero attached hydrogens (tertiary/aromatic N) is 5. The minimum atomic E-state index is 0.259. The first-order valence-electron chi connectivity index (χ1n) is 6.27. The zero-order valence-corrected chi connectivity index (χ0v) is 11.8. The Morgan fingerprint density at radius 1 is 1.37 bits per heavy atom. The lowest BCUT2D eigenvalue weighted by Gasteiger charge is -2.09. The van der Waals surface area contributed by atoms with Gasteiger partial charge < -0.3 is 5.32 Å². The van der Waals surface area contributed by atoms with Gasteiger partial charge in [-0.2, -0.15) is 0 Å². The summed E-state index contributed by atoms with van der Waals surface area (Å²) in [7, 11) is 0. The summed E-state index contributed by atoms with van der Waals surface area (Å²) < 4.78 is 1.80. The highest BCUT2D eigenvalue weighted by atomic mass is 35.5. The number of anilines is 1. The molecule has 0 atom stereocenters. The SMILES string of the molecule is CC(C)c1nc(Cl)cc(NCCCn2ccnn2)n1. The molecule has 7 heteroatoms. The van der Waals surface area contributed by atoms with Gasteiger partial charge >= 0.3 is 0 Å². The molecule has 0 bridgehead atoms. The third kappa shape index (κ3) is 4.17. The van der Waals surface area contributed by atoms with Crippen LogP contribution in [0.1, 0.15) is 32.0 Å². The number of aromatic nitrogens is 5. The third-order valence-corrected chi connectivity index (χ3v) is 2.76. The predicted molar refractivity (Wildman–Crippen MR) is 74.3 cm³/mol. The molecule has 0 unspecified atom stereocenters. The van der Waals surface area contributed by atoms with Gasteiger partial charge in [0.25, 0.3) is 0 Å². The van der Waals surface area contributed by atoms with Crippen LogP contribution in [0.2, 0.25) is 5.15 Å². The van der Waals surface area contributed by atoms with Gasteiger partial charge in [0.05, 0.1) is 6.20 Å². The van der Waals surface area contributed by atoms with E-state index in [1.54, 1.807) is 16.9 Å². The average Bonchev–Trinajstić information content (AvgIpc) is 2.87. The van der Waals surface area contributed by atoms with Crippen molar-refractivity contribution < 1.29 is 0 Å². The van der Waals surface area contributed by atoms with Gasteiger partial charge in [-0.15, -0.1) is 5.10 Å². The van der Waals surface area contributed by atoms with Crippen molar-refractivity contribution in [3.05, 3.63) is 29.4 Å². The highest BCUT2D eigenvalue weighted by molar-refractivity contribution is 6.29. The molecule has 0 amide bonds. The Bertz CT molecular complexity index is 511. The number of halogens is 1. The summed E-state index contributed by atoms with van der Waals surface area (Å²) in [6.45, 7) is 5.70. The summed E-state index contributed by atoms with van der Waals surface area (Å²) >= 11 is 5.97. The van der Waals surface area contributed by atoms with E-state index in [1.807, 2.05) is 20.0 Å². The van der Waals surface area contributed by atoms with Crippen LogP contribution in [0.25, 0.3) is 0 Å². The molecule has 0 saturated heterocycles. The zero-order valence-electron chi connectivity index (χ0n) is 11.0. The largest absolute Gasteiger partial charge is 0.370 e. The third-order valence-electron chi connectivity index (χ3n) is 2.57. The van der Waals surface area contributed by atoms with Gasteiger partial charge in [0.2, 0.25) is 0 Å². The topological polar surface area (TPSA) is 68.5 Å². The van der Waals surface area contributed by atoms with Crippen LogP contribution < -0.4 is 5.32 Å². The zero-order chi connectivity index (χ0) is 13.7. The van der Waals surface area contributed by atoms with Crippen LogP contribution in [0.3, 0.4) is 0 Å². The minimum Gasteiger partial charge on any atom is -0.370 e. The van der Waals surface area contributed by atoms with Gasteiger partial charge in [-0.25, -0.2) is 9.97 Å². The van der Waals surface area contributed by atoms with Gasteiger partial charge in [0.15, 0.2) is 0 Å². The van der Waals surface area contributed by atoms with Gasteiger partial charge in [0, 0.05) is 31.3 Å². The summed E-state index contributed by atoms with van der Waals surface area (Å²) in [5.41, 5.74) is 0. The molecular weight excluding hydrogens is 264 g/mol. The summed E-state index contributed by atoms with van der Waals surface area (Å²) in [6, 6.07) is 1.74. The fourth-order valence-corrected chi connectivity index (χ4v) is 1.78. The molecule has 0 aliphatic rings. The number of nitrogens with one attached hydrogen (secondary N) is 1. The predicted octanol–water partition coefficient (Wildman–Crippen LogP) is 2.35. The molecule has 0 saturated carbocycles. The molecule has 2 aromatic rings. The number of aryl methyl sites for hydroxylation is 1. The Balaban J connectivity index is 1.85. The highest BCUT2D eigenvalue weighted by Crippen LogP contribution is 2.16. The van der Waals surface area contributed by atoms with Crippen LogP contribution in [0.5, 0.6) is 0 Å². The van der Waals surface area contributed by atoms with Crippen LogP contribution in [-0.4, -0.2) is 31.5 Å². The van der Waals surface area contributed by atoms with Crippen molar-refractivity contribution in [3.63, 3.8) is 0 Å². The Morgan fingerprint density at radius 3 is 2.89 bits per heavy atom. The summed E-state index contributed by atoms with van der Waals surface area (Å²) in [5.74, 6) is 1.78. The first kappa shape index (κ1) is 13.7. The summed E-state index contributed by atoms with van der Waals surface area (Å²) in [4.78, 5) is 8.62. The lowest BCUT2D eigenvalue weighted by Crippen LogP contribution is -2.10. The van der Waals surface area contributed by atoms with Crippen molar-refractivity contribution in [1.29, 1.82) is 0 Å². The number of rotatable bonds is 6. The molecule has 0 radical (unpaired) electrons. The fourth-order valence-electron chi connectivity index (χ4n) is 1.59. The lowest BCUT2D eigenvalue weighted by atomic mass is 10.2. The maximum absolute atomic E-state index is 5.97. The van der Waals surface area contributed by atoms with Crippen LogP contribution in [0.15, 0.2) is 18.5 Å². The van der Waals surface area contributed by atoms with E-state index in [9.17, 15) is 0 Å². The van der Waals surface area contributed by atoms with E-state index in [0.717, 1.165) is 31.2 Å². The number of hydrogen-bond donors (Lipinski definition) is 1. The second kappa shape index (κ2) is 6.47. The second-order valence-electron chi connectivity index (χ2n) is 4.54. The van der Waals surface area contributed by atoms with Gasteiger partial charge in [0.1, 0.15) is 16.8 Å².